The number of imidazole rings is 1. The molecule has 4 aromatic rings. The number of carbonyl (C=O) groups excluding carboxylic acids is 1. The van der Waals surface area contributed by atoms with Crippen molar-refractivity contribution in [2.24, 2.45) is 0 Å². The number of nitrogens with one attached hydrogen (secondary N) is 2. The maximum Gasteiger partial charge on any atom is 0.276 e. The van der Waals surface area contributed by atoms with Crippen LogP contribution in [0.15, 0.2) is 42.6 Å². The fourth-order valence-corrected chi connectivity index (χ4v) is 4.05. The SMILES string of the molecule is CC(C)n1nnc(-c2cccc(NC(=O)c3cnc4ccc(NC5CCCCC5)nn34)c2)n1. The zero-order chi connectivity index (χ0) is 22.8. The van der Waals surface area contributed by atoms with Crippen molar-refractivity contribution >= 4 is 23.1 Å². The van der Waals surface area contributed by atoms with Gasteiger partial charge >= 0.3 is 0 Å². The monoisotopic (exact) mass is 445 g/mol. The van der Waals surface area contributed by atoms with Gasteiger partial charge in [0.1, 0.15) is 5.82 Å². The molecule has 10 nitrogen and oxygen atoms in total. The van der Waals surface area contributed by atoms with Crippen LogP contribution in [0.4, 0.5) is 11.5 Å². The standard InChI is InChI=1S/C23H27N9O/c1-15(2)32-29-22(27-30-32)16-7-6-10-18(13-16)26-23(33)19-14-24-21-12-11-20(28-31(19)21)25-17-8-4-3-5-9-17/h6-7,10-15,17H,3-5,8-9H2,1-2H3,(H,25,28)(H,26,33). The third kappa shape index (κ3) is 4.55. The molecule has 1 fully saturated rings. The zero-order valence-corrected chi connectivity index (χ0v) is 18.8. The van der Waals surface area contributed by atoms with Gasteiger partial charge in [0.2, 0.25) is 5.82 Å². The predicted octanol–water partition coefficient (Wildman–Crippen LogP) is 3.96. The topological polar surface area (TPSA) is 115 Å². The predicted molar refractivity (Wildman–Crippen MR) is 125 cm³/mol. The zero-order valence-electron chi connectivity index (χ0n) is 18.8. The molecular formula is C23H27N9O. The van der Waals surface area contributed by atoms with Crippen LogP contribution in [0.3, 0.4) is 0 Å². The van der Waals surface area contributed by atoms with E-state index in [1.54, 1.807) is 15.5 Å². The summed E-state index contributed by atoms with van der Waals surface area (Å²) >= 11 is 0. The summed E-state index contributed by atoms with van der Waals surface area (Å²) in [6.07, 6.45) is 7.60. The molecule has 5 rings (SSSR count). The van der Waals surface area contributed by atoms with Crippen molar-refractivity contribution in [1.29, 1.82) is 0 Å². The maximum absolute atomic E-state index is 13.1. The van der Waals surface area contributed by atoms with E-state index in [0.717, 1.165) is 24.2 Å². The van der Waals surface area contributed by atoms with Gasteiger partial charge in [-0.2, -0.15) is 4.80 Å². The number of nitrogens with zero attached hydrogens (tertiary/aromatic N) is 7. The van der Waals surface area contributed by atoms with Crippen LogP contribution in [0.25, 0.3) is 17.0 Å². The van der Waals surface area contributed by atoms with Gasteiger partial charge in [0, 0.05) is 17.3 Å². The average Bonchev–Trinajstić information content (AvgIpc) is 3.48. The molecule has 3 heterocycles. The first kappa shape index (κ1) is 21.0. The van der Waals surface area contributed by atoms with Gasteiger partial charge in [-0.25, -0.2) is 9.50 Å². The fourth-order valence-electron chi connectivity index (χ4n) is 4.05. The molecular weight excluding hydrogens is 418 g/mol. The highest BCUT2D eigenvalue weighted by atomic mass is 16.2. The number of fused-ring (bicyclic) bond motifs is 1. The van der Waals surface area contributed by atoms with E-state index < -0.39 is 0 Å². The molecule has 33 heavy (non-hydrogen) atoms. The molecule has 3 aromatic heterocycles. The van der Waals surface area contributed by atoms with E-state index in [2.05, 4.69) is 36.1 Å². The molecule has 0 atom stereocenters. The summed E-state index contributed by atoms with van der Waals surface area (Å²) in [6, 6.07) is 11.7. The summed E-state index contributed by atoms with van der Waals surface area (Å²) in [7, 11) is 0. The summed E-state index contributed by atoms with van der Waals surface area (Å²) in [5.74, 6) is 0.971. The Morgan fingerprint density at radius 1 is 1.09 bits per heavy atom. The molecule has 0 bridgehead atoms. The van der Waals surface area contributed by atoms with Crippen molar-refractivity contribution in [2.75, 3.05) is 10.6 Å². The summed E-state index contributed by atoms with van der Waals surface area (Å²) in [4.78, 5) is 18.9. The van der Waals surface area contributed by atoms with Crippen LogP contribution in [-0.2, 0) is 0 Å². The van der Waals surface area contributed by atoms with Crippen molar-refractivity contribution in [2.45, 2.75) is 58.0 Å². The van der Waals surface area contributed by atoms with Crippen LogP contribution in [0.2, 0.25) is 0 Å². The van der Waals surface area contributed by atoms with Gasteiger partial charge in [-0.3, -0.25) is 4.79 Å². The van der Waals surface area contributed by atoms with Gasteiger partial charge in [-0.05, 0) is 56.2 Å². The van der Waals surface area contributed by atoms with Crippen molar-refractivity contribution in [1.82, 2.24) is 34.8 Å². The summed E-state index contributed by atoms with van der Waals surface area (Å²) in [5.41, 5.74) is 2.39. The van der Waals surface area contributed by atoms with Crippen molar-refractivity contribution in [3.8, 4) is 11.4 Å². The number of benzene rings is 1. The van der Waals surface area contributed by atoms with Crippen molar-refractivity contribution in [3.05, 3.63) is 48.3 Å². The number of tetrazole rings is 1. The highest BCUT2D eigenvalue weighted by Gasteiger charge is 2.17. The molecule has 170 valence electrons. The minimum absolute atomic E-state index is 0.120. The molecule has 0 saturated heterocycles. The van der Waals surface area contributed by atoms with Crippen LogP contribution in [0, 0.1) is 0 Å². The Labute approximate surface area is 191 Å². The fraction of sp³-hybridized carbons (Fsp3) is 0.391. The third-order valence-electron chi connectivity index (χ3n) is 5.82. The second kappa shape index (κ2) is 8.97. The van der Waals surface area contributed by atoms with Crippen LogP contribution in [0.5, 0.6) is 0 Å². The number of hydrogen-bond donors (Lipinski definition) is 2. The Bertz CT molecular complexity index is 1270. The molecule has 10 heteroatoms. The number of anilines is 2. The Morgan fingerprint density at radius 3 is 2.73 bits per heavy atom. The largest absolute Gasteiger partial charge is 0.366 e. The normalized spacial score (nSPS) is 14.6. The molecule has 1 amide bonds. The lowest BCUT2D eigenvalue weighted by atomic mass is 9.95. The van der Waals surface area contributed by atoms with Gasteiger partial charge in [0.15, 0.2) is 11.3 Å². The molecule has 2 N–H and O–H groups in total. The highest BCUT2D eigenvalue weighted by Crippen LogP contribution is 2.22. The Hall–Kier alpha value is -3.82. The van der Waals surface area contributed by atoms with Crippen LogP contribution in [-0.4, -0.2) is 46.8 Å². The van der Waals surface area contributed by atoms with Gasteiger partial charge < -0.3 is 10.6 Å². The molecule has 0 radical (unpaired) electrons. The molecule has 1 aromatic carbocycles. The second-order valence-corrected chi connectivity index (χ2v) is 8.67. The van der Waals surface area contributed by atoms with Crippen molar-refractivity contribution < 1.29 is 4.79 Å². The molecule has 1 saturated carbocycles. The molecule has 1 aliphatic rings. The quantitative estimate of drug-likeness (QED) is 0.461. The first-order valence-electron chi connectivity index (χ1n) is 11.4. The first-order chi connectivity index (χ1) is 16.1. The van der Waals surface area contributed by atoms with E-state index in [-0.39, 0.29) is 11.9 Å². The summed E-state index contributed by atoms with van der Waals surface area (Å²) < 4.78 is 1.58. The van der Waals surface area contributed by atoms with Gasteiger partial charge in [-0.1, -0.05) is 31.4 Å². The van der Waals surface area contributed by atoms with E-state index in [4.69, 9.17) is 0 Å². The average molecular weight is 446 g/mol. The Morgan fingerprint density at radius 2 is 1.94 bits per heavy atom. The first-order valence-corrected chi connectivity index (χ1v) is 11.4. The minimum Gasteiger partial charge on any atom is -0.366 e. The third-order valence-corrected chi connectivity index (χ3v) is 5.82. The lowest BCUT2D eigenvalue weighted by Gasteiger charge is -2.23. The number of rotatable bonds is 6. The number of hydrogen-bond acceptors (Lipinski definition) is 7. The van der Waals surface area contributed by atoms with E-state index in [1.807, 2.05) is 50.2 Å². The van der Waals surface area contributed by atoms with Crippen LogP contribution in [0.1, 0.15) is 62.5 Å². The summed E-state index contributed by atoms with van der Waals surface area (Å²) in [5, 5.41) is 23.6. The van der Waals surface area contributed by atoms with Gasteiger partial charge in [0.05, 0.1) is 12.2 Å². The second-order valence-electron chi connectivity index (χ2n) is 8.67. The maximum atomic E-state index is 13.1. The number of amides is 1. The van der Waals surface area contributed by atoms with Gasteiger partial charge in [-0.15, -0.1) is 15.3 Å². The minimum atomic E-state index is -0.291. The van der Waals surface area contributed by atoms with E-state index >= 15 is 0 Å². The molecule has 0 aliphatic heterocycles. The van der Waals surface area contributed by atoms with Crippen molar-refractivity contribution in [3.63, 3.8) is 0 Å². The van der Waals surface area contributed by atoms with Crippen LogP contribution < -0.4 is 10.6 Å². The highest BCUT2D eigenvalue weighted by molar-refractivity contribution is 6.03. The Kier molecular flexibility index (Phi) is 5.72. The Balaban J connectivity index is 1.35. The number of aromatic nitrogens is 7. The summed E-state index contributed by atoms with van der Waals surface area (Å²) in [6.45, 7) is 3.98. The number of carbonyl (C=O) groups is 1. The lowest BCUT2D eigenvalue weighted by molar-refractivity contribution is 0.102. The molecule has 0 unspecified atom stereocenters. The molecule has 1 aliphatic carbocycles. The van der Waals surface area contributed by atoms with Gasteiger partial charge in [0.25, 0.3) is 5.91 Å². The van der Waals surface area contributed by atoms with Crippen LogP contribution >= 0.6 is 0 Å². The smallest absolute Gasteiger partial charge is 0.276 e. The molecule has 0 spiro atoms. The van der Waals surface area contributed by atoms with E-state index in [9.17, 15) is 4.79 Å². The van der Waals surface area contributed by atoms with E-state index in [0.29, 0.717) is 28.9 Å². The van der Waals surface area contributed by atoms with E-state index in [1.165, 1.54) is 19.3 Å². The lowest BCUT2D eigenvalue weighted by Crippen LogP contribution is -2.23.